The topological polar surface area (TPSA) is 58.9 Å². The summed E-state index contributed by atoms with van der Waals surface area (Å²) in [5, 5.41) is 36.8. The first kappa shape index (κ1) is 35.7. The Bertz CT molecular complexity index is 2590. The van der Waals surface area contributed by atoms with Gasteiger partial charge in [0.15, 0.2) is 6.29 Å². The minimum atomic E-state index is -1.81. The predicted molar refractivity (Wildman–Crippen MR) is 233 cm³/mol. The quantitative estimate of drug-likeness (QED) is 0.150. The molecule has 0 unspecified atom stereocenters. The fourth-order valence-electron chi connectivity index (χ4n) is 8.69. The number of rotatable bonds is 8. The maximum absolute atomic E-state index is 14.0. The lowest BCUT2D eigenvalue weighted by molar-refractivity contribution is -0.110. The normalized spacial score (nSPS) is 16.5. The van der Waals surface area contributed by atoms with E-state index in [1.165, 1.54) is 0 Å². The molecule has 1 aliphatic rings. The van der Waals surface area contributed by atoms with E-state index in [9.17, 15) is 10.2 Å². The van der Waals surface area contributed by atoms with Crippen LogP contribution in [0.15, 0.2) is 194 Å². The van der Waals surface area contributed by atoms with Gasteiger partial charge in [0.05, 0.1) is 0 Å². The molecule has 0 aromatic heterocycles. The van der Waals surface area contributed by atoms with Crippen LogP contribution in [0.5, 0.6) is 0 Å². The van der Waals surface area contributed by atoms with Gasteiger partial charge in [0, 0.05) is 10.9 Å². The zero-order valence-corrected chi connectivity index (χ0v) is 32.6. The Balaban J connectivity index is 1.25. The first-order valence-corrected chi connectivity index (χ1v) is 20.4. The SMILES string of the molecule is OC(c1ccc2ccccc2c1)(c1ccc2ccccc2c1)[C@@H]1OC(c2ccc(CBr)cc2)O[C@H]1C(O)(c1ccc2ccccc2c1)c1ccc2ccccc2c1. The third kappa shape index (κ3) is 6.15. The van der Waals surface area contributed by atoms with E-state index in [1.54, 1.807) is 0 Å². The van der Waals surface area contributed by atoms with Crippen LogP contribution in [0.4, 0.5) is 0 Å². The molecule has 4 nitrogen and oxygen atoms in total. The average Bonchev–Trinajstić information content (AvgIpc) is 3.74. The first-order valence-electron chi connectivity index (χ1n) is 19.3. The van der Waals surface area contributed by atoms with Crippen molar-refractivity contribution in [3.8, 4) is 0 Å². The molecule has 57 heavy (non-hydrogen) atoms. The average molecular weight is 808 g/mol. The monoisotopic (exact) mass is 806 g/mol. The number of halogens is 1. The molecule has 278 valence electrons. The molecule has 0 spiro atoms. The van der Waals surface area contributed by atoms with E-state index in [-0.39, 0.29) is 0 Å². The van der Waals surface area contributed by atoms with Gasteiger partial charge in [-0.2, -0.15) is 0 Å². The van der Waals surface area contributed by atoms with Crippen molar-refractivity contribution in [2.45, 2.75) is 35.0 Å². The van der Waals surface area contributed by atoms with Gasteiger partial charge in [-0.05, 0) is 95.2 Å². The van der Waals surface area contributed by atoms with Crippen molar-refractivity contribution in [3.63, 3.8) is 0 Å². The highest BCUT2D eigenvalue weighted by atomic mass is 79.9. The number of fused-ring (bicyclic) bond motifs is 4. The van der Waals surface area contributed by atoms with Gasteiger partial charge in [0.2, 0.25) is 0 Å². The second-order valence-corrected chi connectivity index (χ2v) is 15.7. The molecule has 10 rings (SSSR count). The molecule has 9 aromatic carbocycles. The summed E-state index contributed by atoms with van der Waals surface area (Å²) in [5.74, 6) is 0. The van der Waals surface area contributed by atoms with E-state index in [0.717, 1.165) is 54.2 Å². The highest BCUT2D eigenvalue weighted by molar-refractivity contribution is 9.08. The molecule has 1 saturated heterocycles. The molecule has 9 aromatic rings. The van der Waals surface area contributed by atoms with Crippen LogP contribution in [0.25, 0.3) is 43.1 Å². The van der Waals surface area contributed by atoms with Gasteiger partial charge < -0.3 is 19.7 Å². The van der Waals surface area contributed by atoms with Gasteiger partial charge in [-0.15, -0.1) is 0 Å². The van der Waals surface area contributed by atoms with Crippen molar-refractivity contribution in [3.05, 3.63) is 228 Å². The minimum absolute atomic E-state index is 0.629. The van der Waals surface area contributed by atoms with Crippen LogP contribution in [-0.2, 0) is 26.0 Å². The molecule has 0 amide bonds. The van der Waals surface area contributed by atoms with Crippen LogP contribution in [0, 0.1) is 0 Å². The summed E-state index contributed by atoms with van der Waals surface area (Å²) in [7, 11) is 0. The summed E-state index contributed by atoms with van der Waals surface area (Å²) in [5.41, 5.74) is 0.781. The smallest absolute Gasteiger partial charge is 0.185 e. The Hall–Kier alpha value is -5.66. The van der Waals surface area contributed by atoms with Gasteiger partial charge in [-0.25, -0.2) is 0 Å². The first-order chi connectivity index (χ1) is 27.9. The van der Waals surface area contributed by atoms with E-state index in [4.69, 9.17) is 9.47 Å². The molecule has 2 N–H and O–H groups in total. The largest absolute Gasteiger partial charge is 0.378 e. The van der Waals surface area contributed by atoms with Crippen molar-refractivity contribution < 1.29 is 19.7 Å². The van der Waals surface area contributed by atoms with Crippen molar-refractivity contribution in [1.82, 2.24) is 0 Å². The van der Waals surface area contributed by atoms with Crippen LogP contribution in [0.2, 0.25) is 0 Å². The summed E-state index contributed by atoms with van der Waals surface area (Å²) >= 11 is 3.58. The highest BCUT2D eigenvalue weighted by Crippen LogP contribution is 2.52. The van der Waals surface area contributed by atoms with E-state index in [0.29, 0.717) is 27.6 Å². The Morgan fingerprint density at radius 3 is 0.982 bits per heavy atom. The molecular formula is C52H39BrO4. The Morgan fingerprint density at radius 1 is 0.386 bits per heavy atom. The summed E-state index contributed by atoms with van der Waals surface area (Å²) < 4.78 is 14.3. The highest BCUT2D eigenvalue weighted by Gasteiger charge is 2.60. The third-order valence-electron chi connectivity index (χ3n) is 11.8. The van der Waals surface area contributed by atoms with E-state index >= 15 is 0 Å². The number of ether oxygens (including phenoxy) is 2. The molecule has 1 fully saturated rings. The van der Waals surface area contributed by atoms with E-state index < -0.39 is 29.7 Å². The molecule has 0 aliphatic carbocycles. The number of aliphatic hydroxyl groups is 2. The lowest BCUT2D eigenvalue weighted by atomic mass is 9.71. The van der Waals surface area contributed by atoms with Crippen LogP contribution in [0.1, 0.15) is 39.7 Å². The lowest BCUT2D eigenvalue weighted by Crippen LogP contribution is -2.55. The van der Waals surface area contributed by atoms with Crippen LogP contribution >= 0.6 is 15.9 Å². The van der Waals surface area contributed by atoms with Gasteiger partial charge >= 0.3 is 0 Å². The fraction of sp³-hybridized carbons (Fsp3) is 0.115. The third-order valence-corrected chi connectivity index (χ3v) is 12.5. The summed E-state index contributed by atoms with van der Waals surface area (Å²) in [4.78, 5) is 0. The maximum atomic E-state index is 14.0. The summed E-state index contributed by atoms with van der Waals surface area (Å²) in [6, 6.07) is 64.8. The minimum Gasteiger partial charge on any atom is -0.378 e. The van der Waals surface area contributed by atoms with Gasteiger partial charge in [0.1, 0.15) is 23.4 Å². The maximum Gasteiger partial charge on any atom is 0.185 e. The van der Waals surface area contributed by atoms with Gasteiger partial charge in [-0.1, -0.05) is 186 Å². The standard InChI is InChI=1S/C52H39BrO4/c53-33-34-17-19-39(20-18-34)50-56-48(51(54,44-25-21-35-9-1-5-13-40(35)29-44)45-26-22-36-10-2-6-14-41(36)30-45)49(57-50)52(55,46-27-23-37-11-3-7-15-42(37)31-46)47-28-24-38-12-4-8-16-43(38)32-47/h1-32,48-50,54-55H,33H2/t48-,49-/m1/s1. The van der Waals surface area contributed by atoms with Gasteiger partial charge in [-0.3, -0.25) is 0 Å². The number of hydrogen-bond acceptors (Lipinski definition) is 4. The molecule has 1 heterocycles. The molecule has 2 atom stereocenters. The van der Waals surface area contributed by atoms with E-state index in [1.807, 2.05) is 146 Å². The lowest BCUT2D eigenvalue weighted by Gasteiger charge is -2.43. The Kier molecular flexibility index (Phi) is 9.01. The van der Waals surface area contributed by atoms with Crippen molar-refractivity contribution in [2.24, 2.45) is 0 Å². The molecule has 0 bridgehead atoms. The zero-order valence-electron chi connectivity index (χ0n) is 31.0. The Labute approximate surface area is 339 Å². The predicted octanol–water partition coefficient (Wildman–Crippen LogP) is 11.8. The van der Waals surface area contributed by atoms with Crippen molar-refractivity contribution >= 4 is 59.0 Å². The second-order valence-electron chi connectivity index (χ2n) is 15.1. The van der Waals surface area contributed by atoms with Gasteiger partial charge in [0.25, 0.3) is 0 Å². The molecular weight excluding hydrogens is 768 g/mol. The summed E-state index contributed by atoms with van der Waals surface area (Å²) in [6.07, 6.45) is -3.16. The second kappa shape index (κ2) is 14.4. The van der Waals surface area contributed by atoms with Crippen LogP contribution in [0.3, 0.4) is 0 Å². The molecule has 0 radical (unpaired) electrons. The zero-order chi connectivity index (χ0) is 38.6. The number of hydrogen-bond donors (Lipinski definition) is 2. The molecule has 1 aliphatic heterocycles. The fourth-order valence-corrected chi connectivity index (χ4v) is 9.07. The Morgan fingerprint density at radius 2 is 0.684 bits per heavy atom. The van der Waals surface area contributed by atoms with E-state index in [2.05, 4.69) is 64.5 Å². The van der Waals surface area contributed by atoms with Crippen LogP contribution in [-0.4, -0.2) is 22.4 Å². The van der Waals surface area contributed by atoms with Crippen LogP contribution < -0.4 is 0 Å². The van der Waals surface area contributed by atoms with Crippen molar-refractivity contribution in [2.75, 3.05) is 0 Å². The number of benzene rings is 9. The molecule has 5 heteroatoms. The number of alkyl halides is 1. The van der Waals surface area contributed by atoms with Crippen molar-refractivity contribution in [1.29, 1.82) is 0 Å². The molecule has 0 saturated carbocycles. The summed E-state index contributed by atoms with van der Waals surface area (Å²) in [6.45, 7) is 0.